The first-order chi connectivity index (χ1) is 11.7. The van der Waals surface area contributed by atoms with Crippen molar-refractivity contribution in [3.05, 3.63) is 47.0 Å². The monoisotopic (exact) mass is 379 g/mol. The van der Waals surface area contributed by atoms with Crippen molar-refractivity contribution in [1.82, 2.24) is 4.98 Å². The van der Waals surface area contributed by atoms with Gasteiger partial charge in [-0.3, -0.25) is 4.79 Å². The molecule has 1 aromatic carbocycles. The average Bonchev–Trinajstić information content (AvgIpc) is 3.08. The van der Waals surface area contributed by atoms with Crippen molar-refractivity contribution in [3.63, 3.8) is 0 Å². The highest BCUT2D eigenvalue weighted by Crippen LogP contribution is 2.21. The van der Waals surface area contributed by atoms with E-state index < -0.39 is 6.04 Å². The Bertz CT molecular complexity index is 699. The number of aromatic nitrogens is 1. The number of halogens is 1. The molecule has 0 aliphatic carbocycles. The number of benzene rings is 1. The van der Waals surface area contributed by atoms with E-state index in [0.717, 1.165) is 24.1 Å². The van der Waals surface area contributed by atoms with Gasteiger partial charge < -0.3 is 15.8 Å². The van der Waals surface area contributed by atoms with E-state index in [1.165, 1.54) is 11.3 Å². The summed E-state index contributed by atoms with van der Waals surface area (Å²) in [4.78, 5) is 16.7. The Kier molecular flexibility index (Phi) is 7.58. The first-order valence-corrected chi connectivity index (χ1v) is 8.93. The fourth-order valence-corrected chi connectivity index (χ4v) is 3.32. The van der Waals surface area contributed by atoms with E-state index in [2.05, 4.69) is 10.3 Å². The highest BCUT2D eigenvalue weighted by Gasteiger charge is 2.26. The van der Waals surface area contributed by atoms with E-state index in [4.69, 9.17) is 10.5 Å². The minimum Gasteiger partial charge on any atom is -0.381 e. The topological polar surface area (TPSA) is 77.2 Å². The Balaban J connectivity index is 0.00000225. The summed E-state index contributed by atoms with van der Waals surface area (Å²) in [5.41, 5.74) is 8.00. The van der Waals surface area contributed by atoms with Gasteiger partial charge in [0.1, 0.15) is 0 Å². The number of thiazole rings is 1. The van der Waals surface area contributed by atoms with Crippen LogP contribution in [0.25, 0.3) is 12.2 Å². The summed E-state index contributed by atoms with van der Waals surface area (Å²) in [6.07, 6.45) is 5.59. The maximum Gasteiger partial charge on any atom is 0.243 e. The van der Waals surface area contributed by atoms with Gasteiger partial charge in [0.2, 0.25) is 5.91 Å². The summed E-state index contributed by atoms with van der Waals surface area (Å²) in [7, 11) is 0. The molecule has 1 saturated heterocycles. The van der Waals surface area contributed by atoms with Crippen molar-refractivity contribution in [3.8, 4) is 0 Å². The van der Waals surface area contributed by atoms with Crippen molar-refractivity contribution >= 4 is 46.9 Å². The van der Waals surface area contributed by atoms with E-state index in [9.17, 15) is 4.79 Å². The number of rotatable bonds is 5. The van der Waals surface area contributed by atoms with Gasteiger partial charge in [0.25, 0.3) is 0 Å². The lowest BCUT2D eigenvalue weighted by Gasteiger charge is -2.26. The molecule has 1 unspecified atom stereocenters. The van der Waals surface area contributed by atoms with Gasteiger partial charge in [-0.15, -0.1) is 23.7 Å². The predicted molar refractivity (Wildman–Crippen MR) is 105 cm³/mol. The van der Waals surface area contributed by atoms with Crippen LogP contribution >= 0.6 is 23.7 Å². The third-order valence-corrected chi connectivity index (χ3v) is 4.85. The lowest BCUT2D eigenvalue weighted by Crippen LogP contribution is -2.43. The van der Waals surface area contributed by atoms with Gasteiger partial charge in [-0.05, 0) is 30.4 Å². The average molecular weight is 380 g/mol. The maximum atomic E-state index is 12.3. The molecule has 2 aromatic rings. The first-order valence-electron chi connectivity index (χ1n) is 8.05. The summed E-state index contributed by atoms with van der Waals surface area (Å²) < 4.78 is 5.31. The van der Waals surface area contributed by atoms with Gasteiger partial charge in [0.15, 0.2) is 5.13 Å². The highest BCUT2D eigenvalue weighted by atomic mass is 35.5. The van der Waals surface area contributed by atoms with Crippen LogP contribution in [0.2, 0.25) is 0 Å². The van der Waals surface area contributed by atoms with Crippen LogP contribution in [0.1, 0.15) is 24.1 Å². The van der Waals surface area contributed by atoms with Gasteiger partial charge in [-0.2, -0.15) is 0 Å². The van der Waals surface area contributed by atoms with Crippen LogP contribution in [0.15, 0.2) is 35.7 Å². The standard InChI is InChI=1S/C18H21N3O2S.ClH/c19-16(14-8-10-23-11-9-14)17(22)21-18-20-15(12-24-18)7-6-13-4-2-1-3-5-13;/h1-7,12,14,16H,8-11,19H2,(H,20,21,22);1H/b7-6+;. The lowest BCUT2D eigenvalue weighted by molar-refractivity contribution is -0.119. The van der Waals surface area contributed by atoms with Gasteiger partial charge in [0, 0.05) is 18.6 Å². The zero-order valence-corrected chi connectivity index (χ0v) is 15.4. The van der Waals surface area contributed by atoms with Crippen molar-refractivity contribution in [1.29, 1.82) is 0 Å². The summed E-state index contributed by atoms with van der Waals surface area (Å²) in [5.74, 6) is 0.00555. The fourth-order valence-electron chi connectivity index (χ4n) is 2.64. The van der Waals surface area contributed by atoms with E-state index >= 15 is 0 Å². The molecule has 134 valence electrons. The van der Waals surface area contributed by atoms with E-state index in [0.29, 0.717) is 18.3 Å². The maximum absolute atomic E-state index is 12.3. The lowest BCUT2D eigenvalue weighted by atomic mass is 9.92. The Labute approximate surface area is 157 Å². The number of nitrogens with zero attached hydrogens (tertiary/aromatic N) is 1. The van der Waals surface area contributed by atoms with Crippen molar-refractivity contribution in [2.45, 2.75) is 18.9 Å². The third kappa shape index (κ3) is 5.64. The van der Waals surface area contributed by atoms with E-state index in [1.54, 1.807) is 0 Å². The predicted octanol–water partition coefficient (Wildman–Crippen LogP) is 3.43. The highest BCUT2D eigenvalue weighted by molar-refractivity contribution is 7.14. The summed E-state index contributed by atoms with van der Waals surface area (Å²) >= 11 is 1.40. The number of carbonyl (C=O) groups excluding carboxylic acids is 1. The Morgan fingerprint density at radius 1 is 1.28 bits per heavy atom. The van der Waals surface area contributed by atoms with Crippen molar-refractivity contribution < 1.29 is 9.53 Å². The third-order valence-electron chi connectivity index (χ3n) is 4.07. The second kappa shape index (κ2) is 9.68. The minimum absolute atomic E-state index is 0. The van der Waals surface area contributed by atoms with Crippen LogP contribution in [0.4, 0.5) is 5.13 Å². The number of hydrogen-bond donors (Lipinski definition) is 2. The van der Waals surface area contributed by atoms with Gasteiger partial charge in [-0.1, -0.05) is 36.4 Å². The molecule has 0 saturated carbocycles. The Hall–Kier alpha value is -1.73. The van der Waals surface area contributed by atoms with E-state index in [1.807, 2.05) is 47.9 Å². The number of ether oxygens (including phenoxy) is 1. The van der Waals surface area contributed by atoms with Crippen LogP contribution in [0.5, 0.6) is 0 Å². The number of nitrogens with two attached hydrogens (primary N) is 1. The van der Waals surface area contributed by atoms with E-state index in [-0.39, 0.29) is 24.2 Å². The molecule has 3 rings (SSSR count). The van der Waals surface area contributed by atoms with Crippen molar-refractivity contribution in [2.24, 2.45) is 11.7 Å². The molecule has 2 heterocycles. The molecule has 1 aliphatic rings. The first kappa shape index (κ1) is 19.6. The molecule has 1 aromatic heterocycles. The summed E-state index contributed by atoms with van der Waals surface area (Å²) in [6.45, 7) is 1.36. The van der Waals surface area contributed by atoms with Gasteiger partial charge in [0.05, 0.1) is 11.7 Å². The number of amides is 1. The molecule has 7 heteroatoms. The molecule has 1 fully saturated rings. The molecule has 5 nitrogen and oxygen atoms in total. The SMILES string of the molecule is Cl.NC(C(=O)Nc1nc(/C=C/c2ccccc2)cs1)C1CCOCC1. The molecule has 0 bridgehead atoms. The molecule has 25 heavy (non-hydrogen) atoms. The zero-order valence-electron chi connectivity index (χ0n) is 13.8. The normalized spacial score (nSPS) is 16.4. The number of nitrogens with one attached hydrogen (secondary N) is 1. The molecule has 1 amide bonds. The molecule has 1 atom stereocenters. The molecule has 0 spiro atoms. The van der Waals surface area contributed by atoms with Crippen molar-refractivity contribution in [2.75, 3.05) is 18.5 Å². The van der Waals surface area contributed by atoms with Gasteiger partial charge >= 0.3 is 0 Å². The number of hydrogen-bond acceptors (Lipinski definition) is 5. The van der Waals surface area contributed by atoms with Crippen LogP contribution in [0.3, 0.4) is 0 Å². The number of anilines is 1. The molecule has 1 aliphatic heterocycles. The Morgan fingerprint density at radius 2 is 2.00 bits per heavy atom. The minimum atomic E-state index is -0.513. The zero-order chi connectivity index (χ0) is 16.8. The largest absolute Gasteiger partial charge is 0.381 e. The number of carbonyl (C=O) groups is 1. The van der Waals surface area contributed by atoms with Crippen LogP contribution in [-0.4, -0.2) is 30.1 Å². The molecular weight excluding hydrogens is 358 g/mol. The summed E-state index contributed by atoms with van der Waals surface area (Å²) in [5, 5.41) is 5.32. The van der Waals surface area contributed by atoms with Crippen LogP contribution in [-0.2, 0) is 9.53 Å². The smallest absolute Gasteiger partial charge is 0.243 e. The summed E-state index contributed by atoms with van der Waals surface area (Å²) in [6, 6.07) is 9.50. The fraction of sp³-hybridized carbons (Fsp3) is 0.333. The molecular formula is C18H22ClN3O2S. The molecule has 3 N–H and O–H groups in total. The Morgan fingerprint density at radius 3 is 2.72 bits per heavy atom. The van der Waals surface area contributed by atoms with Crippen LogP contribution < -0.4 is 11.1 Å². The second-order valence-electron chi connectivity index (χ2n) is 5.79. The quantitative estimate of drug-likeness (QED) is 0.834. The second-order valence-corrected chi connectivity index (χ2v) is 6.64. The van der Waals surface area contributed by atoms with Gasteiger partial charge in [-0.25, -0.2) is 4.98 Å². The molecule has 0 radical (unpaired) electrons. The van der Waals surface area contributed by atoms with Crippen LogP contribution in [0, 0.1) is 5.92 Å².